The zero-order chi connectivity index (χ0) is 12.1. The number of carboxylic acid groups (broad SMARTS) is 1. The van der Waals surface area contributed by atoms with Gasteiger partial charge < -0.3 is 9.84 Å². The highest BCUT2D eigenvalue weighted by molar-refractivity contribution is 6.31. The van der Waals surface area contributed by atoms with Crippen LogP contribution in [-0.4, -0.2) is 24.2 Å². The van der Waals surface area contributed by atoms with Crippen molar-refractivity contribution in [1.29, 1.82) is 0 Å². The summed E-state index contributed by atoms with van der Waals surface area (Å²) in [6.07, 6.45) is 0. The standard InChI is InChI=1S/C11H7ClO4/c1-16-10(13)3-2-7-4-8(11(14)15)6-9(12)5-7/h4-6H,1H3,(H,14,15). The fourth-order valence-electron chi connectivity index (χ4n) is 0.960. The third-order valence-electron chi connectivity index (χ3n) is 1.64. The number of rotatable bonds is 1. The van der Waals surface area contributed by atoms with Crippen LogP contribution in [0.4, 0.5) is 0 Å². The Hall–Kier alpha value is -1.99. The number of carboxylic acids is 1. The van der Waals surface area contributed by atoms with E-state index in [0.29, 0.717) is 5.56 Å². The molecule has 1 aromatic carbocycles. The Morgan fingerprint density at radius 3 is 2.62 bits per heavy atom. The number of hydrogen-bond donors (Lipinski definition) is 1. The van der Waals surface area contributed by atoms with Crippen LogP contribution in [0.15, 0.2) is 18.2 Å². The van der Waals surface area contributed by atoms with Gasteiger partial charge in [-0.25, -0.2) is 9.59 Å². The van der Waals surface area contributed by atoms with Crippen LogP contribution in [0, 0.1) is 11.8 Å². The first-order chi connectivity index (χ1) is 7.52. The van der Waals surface area contributed by atoms with E-state index in [1.54, 1.807) is 0 Å². The first kappa shape index (κ1) is 12.1. The molecule has 0 bridgehead atoms. The minimum absolute atomic E-state index is 0.0154. The van der Waals surface area contributed by atoms with E-state index in [9.17, 15) is 9.59 Å². The summed E-state index contributed by atoms with van der Waals surface area (Å²) < 4.78 is 4.32. The van der Waals surface area contributed by atoms with Gasteiger partial charge in [0.1, 0.15) is 0 Å². The fraction of sp³-hybridized carbons (Fsp3) is 0.0909. The molecule has 1 N–H and O–H groups in total. The van der Waals surface area contributed by atoms with Gasteiger partial charge in [0.05, 0.1) is 12.7 Å². The molecule has 0 saturated carbocycles. The maximum atomic E-state index is 10.7. The predicted molar refractivity (Wildman–Crippen MR) is 57.3 cm³/mol. The lowest BCUT2D eigenvalue weighted by molar-refractivity contribution is -0.133. The summed E-state index contributed by atoms with van der Waals surface area (Å²) >= 11 is 5.70. The lowest BCUT2D eigenvalue weighted by atomic mass is 10.1. The van der Waals surface area contributed by atoms with Crippen LogP contribution in [0.25, 0.3) is 0 Å². The molecule has 1 rings (SSSR count). The molecule has 0 aromatic heterocycles. The molecular formula is C11H7ClO4. The normalized spacial score (nSPS) is 8.88. The van der Waals surface area contributed by atoms with Crippen LogP contribution in [0.1, 0.15) is 15.9 Å². The van der Waals surface area contributed by atoms with Gasteiger partial charge in [-0.3, -0.25) is 0 Å². The third kappa shape index (κ3) is 3.30. The molecule has 0 radical (unpaired) electrons. The summed E-state index contributed by atoms with van der Waals surface area (Å²) in [4.78, 5) is 21.4. The highest BCUT2D eigenvalue weighted by atomic mass is 35.5. The quantitative estimate of drug-likeness (QED) is 0.596. The fourth-order valence-corrected chi connectivity index (χ4v) is 1.19. The Bertz CT molecular complexity index is 496. The third-order valence-corrected chi connectivity index (χ3v) is 1.86. The molecular weight excluding hydrogens is 232 g/mol. The molecule has 4 nitrogen and oxygen atoms in total. The van der Waals surface area contributed by atoms with E-state index in [1.165, 1.54) is 25.3 Å². The molecule has 0 spiro atoms. The Labute approximate surface area is 96.8 Å². The molecule has 0 unspecified atom stereocenters. The number of hydrogen-bond acceptors (Lipinski definition) is 3. The summed E-state index contributed by atoms with van der Waals surface area (Å²) in [6, 6.07) is 4.08. The Balaban J connectivity index is 3.09. The first-order valence-electron chi connectivity index (χ1n) is 4.17. The van der Waals surface area contributed by atoms with Crippen molar-refractivity contribution in [3.63, 3.8) is 0 Å². The first-order valence-corrected chi connectivity index (χ1v) is 4.54. The van der Waals surface area contributed by atoms with E-state index in [2.05, 4.69) is 16.6 Å². The van der Waals surface area contributed by atoms with Crippen LogP contribution >= 0.6 is 11.6 Å². The second kappa shape index (κ2) is 5.19. The van der Waals surface area contributed by atoms with Gasteiger partial charge in [-0.15, -0.1) is 0 Å². The van der Waals surface area contributed by atoms with Gasteiger partial charge in [0, 0.05) is 16.5 Å². The zero-order valence-electron chi connectivity index (χ0n) is 8.28. The molecule has 0 aliphatic heterocycles. The molecule has 0 fully saturated rings. The molecule has 82 valence electrons. The minimum Gasteiger partial charge on any atom is -0.478 e. The van der Waals surface area contributed by atoms with Crippen molar-refractivity contribution < 1.29 is 19.4 Å². The van der Waals surface area contributed by atoms with Crippen molar-refractivity contribution in [2.45, 2.75) is 0 Å². The second-order valence-electron chi connectivity index (χ2n) is 2.78. The molecule has 0 aliphatic rings. The van der Waals surface area contributed by atoms with E-state index < -0.39 is 11.9 Å². The number of aromatic carboxylic acids is 1. The summed E-state index contributed by atoms with van der Waals surface area (Å²) in [5.41, 5.74) is 0.358. The lowest BCUT2D eigenvalue weighted by Crippen LogP contribution is -1.97. The molecule has 1 aromatic rings. The minimum atomic E-state index is -1.11. The number of esters is 1. The maximum Gasteiger partial charge on any atom is 0.384 e. The Kier molecular flexibility index (Phi) is 3.92. The summed E-state index contributed by atoms with van der Waals surface area (Å²) in [6.45, 7) is 0. The number of carbonyl (C=O) groups excluding carboxylic acids is 1. The summed E-state index contributed by atoms with van der Waals surface area (Å²) in [5, 5.41) is 9.00. The van der Waals surface area contributed by atoms with Crippen molar-refractivity contribution >= 4 is 23.5 Å². The molecule has 0 aliphatic carbocycles. The van der Waals surface area contributed by atoms with Gasteiger partial charge in [-0.2, -0.15) is 0 Å². The number of ether oxygens (including phenoxy) is 1. The largest absolute Gasteiger partial charge is 0.478 e. The molecule has 5 heteroatoms. The number of methoxy groups -OCH3 is 1. The van der Waals surface area contributed by atoms with E-state index in [4.69, 9.17) is 16.7 Å². The number of halogens is 1. The molecule has 16 heavy (non-hydrogen) atoms. The van der Waals surface area contributed by atoms with E-state index in [-0.39, 0.29) is 10.6 Å². The van der Waals surface area contributed by atoms with Crippen molar-refractivity contribution in [2.75, 3.05) is 7.11 Å². The van der Waals surface area contributed by atoms with Crippen LogP contribution in [-0.2, 0) is 9.53 Å². The Morgan fingerprint density at radius 1 is 1.38 bits per heavy atom. The summed E-state index contributed by atoms with van der Waals surface area (Å²) in [5.74, 6) is 2.83. The van der Waals surface area contributed by atoms with Crippen molar-refractivity contribution in [1.82, 2.24) is 0 Å². The highest BCUT2D eigenvalue weighted by Crippen LogP contribution is 2.14. The van der Waals surface area contributed by atoms with Crippen molar-refractivity contribution in [3.05, 3.63) is 34.3 Å². The molecule has 0 atom stereocenters. The van der Waals surface area contributed by atoms with E-state index in [0.717, 1.165) is 0 Å². The zero-order valence-corrected chi connectivity index (χ0v) is 9.04. The van der Waals surface area contributed by atoms with E-state index >= 15 is 0 Å². The monoisotopic (exact) mass is 238 g/mol. The highest BCUT2D eigenvalue weighted by Gasteiger charge is 2.05. The van der Waals surface area contributed by atoms with Crippen LogP contribution in [0.5, 0.6) is 0 Å². The van der Waals surface area contributed by atoms with Crippen LogP contribution < -0.4 is 0 Å². The average molecular weight is 239 g/mol. The van der Waals surface area contributed by atoms with Gasteiger partial charge >= 0.3 is 11.9 Å². The predicted octanol–water partition coefficient (Wildman–Crippen LogP) is 1.56. The summed E-state index contributed by atoms with van der Waals surface area (Å²) in [7, 11) is 1.21. The molecule has 0 amide bonds. The smallest absolute Gasteiger partial charge is 0.384 e. The number of carbonyl (C=O) groups is 2. The van der Waals surface area contributed by atoms with Crippen LogP contribution in [0.2, 0.25) is 5.02 Å². The van der Waals surface area contributed by atoms with E-state index in [1.807, 2.05) is 0 Å². The van der Waals surface area contributed by atoms with Gasteiger partial charge in [0.2, 0.25) is 0 Å². The Morgan fingerprint density at radius 2 is 2.06 bits per heavy atom. The number of benzene rings is 1. The topological polar surface area (TPSA) is 63.6 Å². The second-order valence-corrected chi connectivity index (χ2v) is 3.21. The van der Waals surface area contributed by atoms with Crippen molar-refractivity contribution in [2.24, 2.45) is 0 Å². The van der Waals surface area contributed by atoms with Crippen molar-refractivity contribution in [3.8, 4) is 11.8 Å². The lowest BCUT2D eigenvalue weighted by Gasteiger charge is -1.97. The van der Waals surface area contributed by atoms with Gasteiger partial charge in [0.15, 0.2) is 0 Å². The van der Waals surface area contributed by atoms with Crippen LogP contribution in [0.3, 0.4) is 0 Å². The molecule has 0 heterocycles. The SMILES string of the molecule is COC(=O)C#Cc1cc(Cl)cc(C(=O)O)c1. The van der Waals surface area contributed by atoms with Gasteiger partial charge in [-0.05, 0) is 18.2 Å². The van der Waals surface area contributed by atoms with Gasteiger partial charge in [0.25, 0.3) is 0 Å². The molecule has 0 saturated heterocycles. The maximum absolute atomic E-state index is 10.7. The average Bonchev–Trinajstić information content (AvgIpc) is 2.25. The van der Waals surface area contributed by atoms with Gasteiger partial charge in [-0.1, -0.05) is 17.5 Å².